The normalized spacial score (nSPS) is 29.6. The van der Waals surface area contributed by atoms with Crippen LogP contribution in [0.2, 0.25) is 0 Å². The topological polar surface area (TPSA) is 64.2 Å². The molecule has 3 fully saturated rings. The Morgan fingerprint density at radius 3 is 2.63 bits per heavy atom. The van der Waals surface area contributed by atoms with Gasteiger partial charge in [0.15, 0.2) is 0 Å². The van der Waals surface area contributed by atoms with Gasteiger partial charge in [0.1, 0.15) is 0 Å². The third-order valence-corrected chi connectivity index (χ3v) is 6.94. The molecule has 1 saturated heterocycles. The molecule has 30 heavy (non-hydrogen) atoms. The van der Waals surface area contributed by atoms with Crippen LogP contribution in [0.5, 0.6) is 0 Å². The van der Waals surface area contributed by atoms with Crippen molar-refractivity contribution in [1.82, 2.24) is 34.6 Å². The number of nitrogens with zero attached hydrogens (tertiary/aromatic N) is 7. The summed E-state index contributed by atoms with van der Waals surface area (Å²) < 4.78 is 10.5. The van der Waals surface area contributed by atoms with Crippen LogP contribution in [0.3, 0.4) is 0 Å². The van der Waals surface area contributed by atoms with Crippen LogP contribution in [0.1, 0.15) is 43.0 Å². The molecule has 3 heterocycles. The molecule has 4 atom stereocenters. The highest BCUT2D eigenvalue weighted by atomic mass is 16.5. The lowest BCUT2D eigenvalue weighted by Crippen LogP contribution is -2.38. The largest absolute Gasteiger partial charge is 0.376 e. The summed E-state index contributed by atoms with van der Waals surface area (Å²) in [5.41, 5.74) is 2.34. The Bertz CT molecular complexity index is 842. The number of hydrogen-bond donors (Lipinski definition) is 0. The molecule has 0 amide bonds. The molecule has 0 bridgehead atoms. The van der Waals surface area contributed by atoms with Crippen LogP contribution < -0.4 is 0 Å². The Balaban J connectivity index is 1.28. The van der Waals surface area contributed by atoms with E-state index in [4.69, 9.17) is 4.74 Å². The molecule has 2 aromatic heterocycles. The van der Waals surface area contributed by atoms with Crippen molar-refractivity contribution in [3.8, 4) is 0 Å². The van der Waals surface area contributed by atoms with Gasteiger partial charge in [-0.05, 0) is 57.5 Å². The minimum atomic E-state index is 0.249. The molecule has 2 aromatic rings. The molecule has 2 aliphatic carbocycles. The first-order valence-corrected chi connectivity index (χ1v) is 11.4. The van der Waals surface area contributed by atoms with E-state index < -0.39 is 0 Å². The average molecular weight is 414 g/mol. The summed E-state index contributed by atoms with van der Waals surface area (Å²) in [5, 5.41) is 13.3. The zero-order valence-corrected chi connectivity index (χ0v) is 18.5. The van der Waals surface area contributed by atoms with Gasteiger partial charge in [0.25, 0.3) is 0 Å². The van der Waals surface area contributed by atoms with E-state index in [1.807, 2.05) is 17.9 Å². The molecule has 2 saturated carbocycles. The molecule has 0 aromatic carbocycles. The van der Waals surface area contributed by atoms with Gasteiger partial charge in [-0.25, -0.2) is 4.68 Å². The lowest BCUT2D eigenvalue weighted by Gasteiger charge is -2.37. The molecule has 164 valence electrons. The highest BCUT2D eigenvalue weighted by molar-refractivity contribution is 5.05. The zero-order chi connectivity index (χ0) is 20.7. The summed E-state index contributed by atoms with van der Waals surface area (Å²) in [6.07, 6.45) is 11.4. The predicted molar refractivity (Wildman–Crippen MR) is 114 cm³/mol. The van der Waals surface area contributed by atoms with Gasteiger partial charge in [-0.3, -0.25) is 9.58 Å². The Morgan fingerprint density at radius 1 is 1.13 bits per heavy atom. The predicted octanol–water partition coefficient (Wildman–Crippen LogP) is 1.95. The van der Waals surface area contributed by atoms with E-state index in [0.29, 0.717) is 17.9 Å². The van der Waals surface area contributed by atoms with Gasteiger partial charge in [-0.1, -0.05) is 5.21 Å². The lowest BCUT2D eigenvalue weighted by molar-refractivity contribution is -0.0375. The molecular formula is C22H35N7O. The number of aryl methyl sites for hydroxylation is 1. The van der Waals surface area contributed by atoms with Crippen molar-refractivity contribution < 1.29 is 4.74 Å². The Hall–Kier alpha value is -1.77. The minimum absolute atomic E-state index is 0.249. The summed E-state index contributed by atoms with van der Waals surface area (Å²) in [5.74, 6) is 2.20. The molecule has 0 spiro atoms. The van der Waals surface area contributed by atoms with Crippen LogP contribution in [0, 0.1) is 17.8 Å². The first-order valence-electron chi connectivity index (χ1n) is 11.4. The van der Waals surface area contributed by atoms with E-state index in [9.17, 15) is 0 Å². The maximum atomic E-state index is 6.50. The third kappa shape index (κ3) is 4.60. The van der Waals surface area contributed by atoms with E-state index in [1.54, 1.807) is 0 Å². The van der Waals surface area contributed by atoms with Crippen molar-refractivity contribution in [2.45, 2.75) is 50.9 Å². The van der Waals surface area contributed by atoms with Crippen LogP contribution in [0.4, 0.5) is 0 Å². The Kier molecular flexibility index (Phi) is 5.64. The summed E-state index contributed by atoms with van der Waals surface area (Å²) >= 11 is 0. The number of fused-ring (bicyclic) bond motifs is 1. The van der Waals surface area contributed by atoms with Crippen LogP contribution in [0.25, 0.3) is 0 Å². The van der Waals surface area contributed by atoms with Gasteiger partial charge < -0.3 is 9.64 Å². The van der Waals surface area contributed by atoms with Gasteiger partial charge in [0, 0.05) is 51.6 Å². The minimum Gasteiger partial charge on any atom is -0.376 e. The smallest absolute Gasteiger partial charge is 0.0967 e. The Morgan fingerprint density at radius 2 is 1.93 bits per heavy atom. The van der Waals surface area contributed by atoms with Crippen molar-refractivity contribution in [3.05, 3.63) is 29.8 Å². The number of likely N-dealkylation sites (tertiary alicyclic amines) is 1. The molecule has 8 heteroatoms. The fraction of sp³-hybridized carbons (Fsp3) is 0.773. The monoisotopic (exact) mass is 413 g/mol. The standard InChI is InChI=1S/C22H35N7O/c1-26(2)13-20-14-29(25-24-20)21-6-18-11-28(10-17-8-23-27(3)9-17)12-19(18)7-22(21)30-15-16-4-5-16/h8-9,14,16,18-19,21-22H,4-7,10-13,15H2,1-3H3/t18-,19+,21-,22-/m1/s1. The summed E-state index contributed by atoms with van der Waals surface area (Å²) in [7, 11) is 6.13. The number of rotatable bonds is 8. The van der Waals surface area contributed by atoms with Crippen LogP contribution in [0.15, 0.2) is 18.6 Å². The quantitative estimate of drug-likeness (QED) is 0.659. The molecular weight excluding hydrogens is 378 g/mol. The number of aromatic nitrogens is 5. The SMILES string of the molecule is CN(C)Cc1cn([C@@H]2C[C@@H]3CN(Cc4cnn(C)c4)C[C@@H]3C[C@H]2OCC2CC2)nn1. The van der Waals surface area contributed by atoms with Crippen molar-refractivity contribution in [2.24, 2.45) is 24.8 Å². The summed E-state index contributed by atoms with van der Waals surface area (Å²) in [4.78, 5) is 4.74. The number of ether oxygens (including phenoxy) is 1. The van der Waals surface area contributed by atoms with E-state index in [1.165, 1.54) is 24.9 Å². The summed E-state index contributed by atoms with van der Waals surface area (Å²) in [6.45, 7) is 5.06. The highest BCUT2D eigenvalue weighted by Crippen LogP contribution is 2.43. The Labute approximate surface area is 179 Å². The zero-order valence-electron chi connectivity index (χ0n) is 18.5. The van der Waals surface area contributed by atoms with Gasteiger partial charge in [0.2, 0.25) is 0 Å². The molecule has 5 rings (SSSR count). The third-order valence-electron chi connectivity index (χ3n) is 6.94. The second kappa shape index (κ2) is 8.40. The summed E-state index contributed by atoms with van der Waals surface area (Å²) in [6, 6.07) is 0.298. The fourth-order valence-corrected chi connectivity index (χ4v) is 5.30. The molecule has 0 unspecified atom stereocenters. The van der Waals surface area contributed by atoms with E-state index >= 15 is 0 Å². The van der Waals surface area contributed by atoms with E-state index in [2.05, 4.69) is 56.4 Å². The molecule has 3 aliphatic rings. The lowest BCUT2D eigenvalue weighted by atomic mass is 9.77. The van der Waals surface area contributed by atoms with Gasteiger partial charge >= 0.3 is 0 Å². The van der Waals surface area contributed by atoms with Gasteiger partial charge in [0.05, 0.1) is 30.2 Å². The maximum absolute atomic E-state index is 6.50. The van der Waals surface area contributed by atoms with Crippen LogP contribution in [-0.2, 0) is 24.9 Å². The van der Waals surface area contributed by atoms with Crippen molar-refractivity contribution in [3.63, 3.8) is 0 Å². The van der Waals surface area contributed by atoms with Crippen LogP contribution >= 0.6 is 0 Å². The fourth-order valence-electron chi connectivity index (χ4n) is 5.30. The van der Waals surface area contributed by atoms with Crippen LogP contribution in [-0.4, -0.2) is 74.5 Å². The van der Waals surface area contributed by atoms with Crippen molar-refractivity contribution >= 4 is 0 Å². The average Bonchev–Trinajstić information content (AvgIpc) is 3.05. The van der Waals surface area contributed by atoms with Gasteiger partial charge in [-0.2, -0.15) is 5.10 Å². The molecule has 0 radical (unpaired) electrons. The van der Waals surface area contributed by atoms with Gasteiger partial charge in [-0.15, -0.1) is 5.10 Å². The maximum Gasteiger partial charge on any atom is 0.0967 e. The van der Waals surface area contributed by atoms with E-state index in [-0.39, 0.29) is 6.10 Å². The molecule has 1 aliphatic heterocycles. The second-order valence-electron chi connectivity index (χ2n) is 10.0. The van der Waals surface area contributed by atoms with Crippen molar-refractivity contribution in [1.29, 1.82) is 0 Å². The van der Waals surface area contributed by atoms with Crippen molar-refractivity contribution in [2.75, 3.05) is 33.8 Å². The highest BCUT2D eigenvalue weighted by Gasteiger charge is 2.44. The van der Waals surface area contributed by atoms with E-state index in [0.717, 1.165) is 50.7 Å². The molecule has 8 nitrogen and oxygen atoms in total. The number of hydrogen-bond acceptors (Lipinski definition) is 6. The first kappa shape index (κ1) is 20.2. The second-order valence-corrected chi connectivity index (χ2v) is 10.0. The first-order chi connectivity index (χ1) is 14.5. The molecule has 0 N–H and O–H groups in total.